The number of halogens is 1. The molecule has 0 spiro atoms. The van der Waals surface area contributed by atoms with Gasteiger partial charge in [0.15, 0.2) is 6.23 Å². The van der Waals surface area contributed by atoms with Gasteiger partial charge in [-0.2, -0.15) is 4.39 Å². The van der Waals surface area contributed by atoms with Gasteiger partial charge in [-0.25, -0.2) is 4.79 Å². The largest absolute Gasteiger partial charge is 0.368 e. The van der Waals surface area contributed by atoms with E-state index in [1.165, 1.54) is 0 Å². The molecule has 0 aliphatic carbocycles. The van der Waals surface area contributed by atoms with Crippen LogP contribution in [0.5, 0.6) is 0 Å². The van der Waals surface area contributed by atoms with Gasteiger partial charge in [-0.3, -0.25) is 14.3 Å². The molecule has 0 amide bonds. The number of hydrogen-bond acceptors (Lipinski definition) is 6. The third-order valence-electron chi connectivity index (χ3n) is 6.48. The Balaban J connectivity index is 1.47. The first-order valence-corrected chi connectivity index (χ1v) is 12.7. The molecule has 8 nitrogen and oxygen atoms in total. The zero-order chi connectivity index (χ0) is 27.0. The van der Waals surface area contributed by atoms with Crippen LogP contribution in [0.2, 0.25) is 0 Å². The van der Waals surface area contributed by atoms with E-state index in [-0.39, 0.29) is 19.8 Å². The first-order valence-electron chi connectivity index (χ1n) is 12.7. The van der Waals surface area contributed by atoms with Crippen LogP contribution in [0.3, 0.4) is 0 Å². The van der Waals surface area contributed by atoms with Crippen LogP contribution in [0.25, 0.3) is 0 Å². The zero-order valence-corrected chi connectivity index (χ0v) is 21.2. The molecule has 2 heterocycles. The quantitative estimate of drug-likeness (QED) is 0.333. The number of aromatic amines is 1. The molecule has 0 radical (unpaired) electrons. The van der Waals surface area contributed by atoms with E-state index in [1.54, 1.807) is 0 Å². The molecule has 1 N–H and O–H groups in total. The van der Waals surface area contributed by atoms with Gasteiger partial charge < -0.3 is 18.9 Å². The molecule has 1 fully saturated rings. The summed E-state index contributed by atoms with van der Waals surface area (Å²) >= 11 is 0. The fraction of sp³-hybridized carbons (Fsp3) is 0.267. The van der Waals surface area contributed by atoms with Crippen LogP contribution in [0.15, 0.2) is 107 Å². The van der Waals surface area contributed by atoms with E-state index in [9.17, 15) is 14.0 Å². The number of ether oxygens (including phenoxy) is 4. The molecule has 0 saturated carbocycles. The van der Waals surface area contributed by atoms with Crippen LogP contribution in [0.1, 0.15) is 22.9 Å². The first-order chi connectivity index (χ1) is 19.1. The van der Waals surface area contributed by atoms with E-state index in [4.69, 9.17) is 18.9 Å². The summed E-state index contributed by atoms with van der Waals surface area (Å²) in [5.41, 5.74) is 0.892. The monoisotopic (exact) mass is 532 g/mol. The Labute approximate surface area is 224 Å². The van der Waals surface area contributed by atoms with Crippen LogP contribution in [0, 0.1) is 5.82 Å². The summed E-state index contributed by atoms with van der Waals surface area (Å²) in [6, 6.07) is 28.8. The fourth-order valence-electron chi connectivity index (χ4n) is 4.48. The van der Waals surface area contributed by atoms with Crippen molar-refractivity contribution < 1.29 is 23.3 Å². The van der Waals surface area contributed by atoms with Crippen molar-refractivity contribution >= 4 is 0 Å². The summed E-state index contributed by atoms with van der Waals surface area (Å²) in [5.74, 6) is -1.11. The molecule has 5 rings (SSSR count). The molecule has 1 saturated heterocycles. The predicted molar refractivity (Wildman–Crippen MR) is 141 cm³/mol. The highest BCUT2D eigenvalue weighted by Crippen LogP contribution is 2.31. The van der Waals surface area contributed by atoms with Crippen LogP contribution >= 0.6 is 0 Å². The van der Waals surface area contributed by atoms with Gasteiger partial charge in [0.25, 0.3) is 5.56 Å². The topological polar surface area (TPSA) is 91.8 Å². The van der Waals surface area contributed by atoms with Gasteiger partial charge in [-0.15, -0.1) is 0 Å². The van der Waals surface area contributed by atoms with E-state index in [0.29, 0.717) is 6.61 Å². The summed E-state index contributed by atoms with van der Waals surface area (Å²) in [6.07, 6.45) is -2.38. The molecule has 39 heavy (non-hydrogen) atoms. The number of aromatic nitrogens is 2. The second kappa shape index (κ2) is 12.8. The molecule has 1 aliphatic heterocycles. The SMILES string of the molecule is O=c1[nH]c(=O)n([C@@H]2OC[C@@H](OCc3ccccc3)[C@@H](OCc3ccccc3)[C@H]2OCc2ccccc2)cc1F. The molecular weight excluding hydrogens is 503 g/mol. The lowest BCUT2D eigenvalue weighted by Gasteiger charge is -2.42. The Morgan fingerprint density at radius 2 is 1.23 bits per heavy atom. The van der Waals surface area contributed by atoms with E-state index in [1.807, 2.05) is 96.0 Å². The van der Waals surface area contributed by atoms with Crippen LogP contribution in [-0.4, -0.2) is 34.5 Å². The molecule has 0 unspecified atom stereocenters. The highest BCUT2D eigenvalue weighted by atomic mass is 19.1. The van der Waals surface area contributed by atoms with Crippen LogP contribution < -0.4 is 11.2 Å². The average molecular weight is 533 g/mol. The van der Waals surface area contributed by atoms with Crippen molar-refractivity contribution in [1.29, 1.82) is 0 Å². The van der Waals surface area contributed by atoms with E-state index >= 15 is 0 Å². The van der Waals surface area contributed by atoms with Gasteiger partial charge in [0, 0.05) is 0 Å². The second-order valence-corrected chi connectivity index (χ2v) is 9.22. The maximum atomic E-state index is 14.3. The first kappa shape index (κ1) is 26.7. The Kier molecular flexibility index (Phi) is 8.75. The summed E-state index contributed by atoms with van der Waals surface area (Å²) in [5, 5.41) is 0. The lowest BCUT2D eigenvalue weighted by molar-refractivity contribution is -0.257. The van der Waals surface area contributed by atoms with Crippen molar-refractivity contribution in [2.75, 3.05) is 6.61 Å². The van der Waals surface area contributed by atoms with Crippen molar-refractivity contribution in [2.45, 2.75) is 44.4 Å². The molecule has 202 valence electrons. The van der Waals surface area contributed by atoms with Gasteiger partial charge in [0.05, 0.1) is 32.6 Å². The third-order valence-corrected chi connectivity index (χ3v) is 6.48. The van der Waals surface area contributed by atoms with Crippen molar-refractivity contribution in [3.8, 4) is 0 Å². The molecular formula is C30H29FN2O6. The van der Waals surface area contributed by atoms with Gasteiger partial charge in [-0.05, 0) is 16.7 Å². The minimum absolute atomic E-state index is 0.0509. The highest BCUT2D eigenvalue weighted by molar-refractivity contribution is 5.15. The summed E-state index contributed by atoms with van der Waals surface area (Å²) in [6.45, 7) is 0.796. The zero-order valence-electron chi connectivity index (χ0n) is 21.2. The molecule has 1 aromatic heterocycles. The predicted octanol–water partition coefficient (Wildman–Crippen LogP) is 3.96. The van der Waals surface area contributed by atoms with Crippen molar-refractivity contribution in [3.63, 3.8) is 0 Å². The minimum atomic E-state index is -1.11. The normalized spacial score (nSPS) is 21.1. The van der Waals surface area contributed by atoms with Gasteiger partial charge in [-0.1, -0.05) is 91.0 Å². The van der Waals surface area contributed by atoms with Gasteiger partial charge in [0.2, 0.25) is 5.82 Å². The number of hydrogen-bond donors (Lipinski definition) is 1. The van der Waals surface area contributed by atoms with Crippen molar-refractivity contribution in [1.82, 2.24) is 9.55 Å². The Morgan fingerprint density at radius 1 is 0.744 bits per heavy atom. The molecule has 1 aliphatic rings. The summed E-state index contributed by atoms with van der Waals surface area (Å²) < 4.78 is 40.4. The maximum Gasteiger partial charge on any atom is 0.330 e. The number of nitrogens with one attached hydrogen (secondary N) is 1. The Hall–Kier alpha value is -3.89. The molecule has 0 bridgehead atoms. The summed E-state index contributed by atoms with van der Waals surface area (Å²) in [7, 11) is 0. The average Bonchev–Trinajstić information content (AvgIpc) is 2.97. The second-order valence-electron chi connectivity index (χ2n) is 9.22. The fourth-order valence-corrected chi connectivity index (χ4v) is 4.48. The van der Waals surface area contributed by atoms with Crippen LogP contribution in [0.4, 0.5) is 4.39 Å². The smallest absolute Gasteiger partial charge is 0.330 e. The summed E-state index contributed by atoms with van der Waals surface area (Å²) in [4.78, 5) is 26.4. The van der Waals surface area contributed by atoms with Crippen LogP contribution in [-0.2, 0) is 38.8 Å². The standard InChI is InChI=1S/C30H29FN2O6/c31-24-16-33(30(35)32-28(24)34)29-27(38-19-23-14-8-3-9-15-23)26(37-18-22-12-6-2-7-13-22)25(20-39-29)36-17-21-10-4-1-5-11-21/h1-16,25-27,29H,17-20H2,(H,32,34,35)/t25-,26-,27-,29-/m1/s1. The number of H-pyrrole nitrogens is 1. The Bertz CT molecular complexity index is 1450. The molecule has 4 atom stereocenters. The van der Waals surface area contributed by atoms with E-state index < -0.39 is 41.6 Å². The maximum absolute atomic E-state index is 14.3. The Morgan fingerprint density at radius 3 is 1.77 bits per heavy atom. The van der Waals surface area contributed by atoms with Crippen molar-refractivity contribution in [3.05, 3.63) is 141 Å². The molecule has 3 aromatic carbocycles. The van der Waals surface area contributed by atoms with E-state index in [0.717, 1.165) is 27.5 Å². The van der Waals surface area contributed by atoms with E-state index in [2.05, 4.69) is 0 Å². The number of benzene rings is 3. The third kappa shape index (κ3) is 6.76. The lowest BCUT2D eigenvalue weighted by Crippen LogP contribution is -2.55. The number of nitrogens with zero attached hydrogens (tertiary/aromatic N) is 1. The lowest BCUT2D eigenvalue weighted by atomic mass is 10.0. The van der Waals surface area contributed by atoms with Gasteiger partial charge in [0.1, 0.15) is 18.3 Å². The molecule has 9 heteroatoms. The van der Waals surface area contributed by atoms with Crippen molar-refractivity contribution in [2.24, 2.45) is 0 Å². The van der Waals surface area contributed by atoms with Gasteiger partial charge >= 0.3 is 5.69 Å². The number of rotatable bonds is 10. The minimum Gasteiger partial charge on any atom is -0.368 e. The molecule has 4 aromatic rings. The highest BCUT2D eigenvalue weighted by Gasteiger charge is 2.44.